The molecule has 1 saturated heterocycles. The van der Waals surface area contributed by atoms with Crippen LogP contribution in [0.2, 0.25) is 5.02 Å². The zero-order chi connectivity index (χ0) is 13.2. The highest BCUT2D eigenvalue weighted by molar-refractivity contribution is 9.10. The maximum absolute atomic E-state index is 12.2. The lowest BCUT2D eigenvalue weighted by atomic mass is 10.0. The fraction of sp³-hybridized carbons (Fsp3) is 0.333. The maximum atomic E-state index is 12.2. The fourth-order valence-electron chi connectivity index (χ4n) is 1.74. The van der Waals surface area contributed by atoms with Gasteiger partial charge in [0.1, 0.15) is 5.54 Å². The Labute approximate surface area is 123 Å². The largest absolute Gasteiger partial charge is 0.333 e. The monoisotopic (exact) mass is 344 g/mol. The summed E-state index contributed by atoms with van der Waals surface area (Å²) in [5, 5.41) is 12.4. The third-order valence-electron chi connectivity index (χ3n) is 2.78. The van der Waals surface area contributed by atoms with E-state index < -0.39 is 5.54 Å². The van der Waals surface area contributed by atoms with E-state index in [0.717, 1.165) is 5.75 Å². The van der Waals surface area contributed by atoms with Crippen molar-refractivity contribution in [2.24, 2.45) is 0 Å². The molecule has 1 amide bonds. The third-order valence-corrected chi connectivity index (χ3v) is 5.27. The number of nitrogens with zero attached hydrogens (tertiary/aromatic N) is 1. The molecule has 1 aliphatic rings. The first-order valence-electron chi connectivity index (χ1n) is 5.33. The molecule has 0 aliphatic carbocycles. The number of halogens is 2. The van der Waals surface area contributed by atoms with Gasteiger partial charge in [0.25, 0.3) is 5.91 Å². The van der Waals surface area contributed by atoms with Crippen molar-refractivity contribution in [1.82, 2.24) is 5.32 Å². The Bertz CT molecular complexity index is 523. The van der Waals surface area contributed by atoms with Gasteiger partial charge in [-0.05, 0) is 40.2 Å². The average Bonchev–Trinajstić information content (AvgIpc) is 2.81. The molecule has 1 heterocycles. The van der Waals surface area contributed by atoms with Crippen LogP contribution in [0.25, 0.3) is 0 Å². The van der Waals surface area contributed by atoms with E-state index in [-0.39, 0.29) is 5.91 Å². The molecule has 94 valence electrons. The summed E-state index contributed by atoms with van der Waals surface area (Å²) in [4.78, 5) is 12.2. The lowest BCUT2D eigenvalue weighted by Gasteiger charge is -2.21. The van der Waals surface area contributed by atoms with Gasteiger partial charge in [0, 0.05) is 10.2 Å². The molecule has 2 rings (SSSR count). The van der Waals surface area contributed by atoms with E-state index in [1.165, 1.54) is 0 Å². The molecule has 0 saturated carbocycles. The molecule has 3 nitrogen and oxygen atoms in total. The molecule has 1 atom stereocenters. The number of nitriles is 1. The second kappa shape index (κ2) is 5.52. The Hall–Kier alpha value is -0.700. The Balaban J connectivity index is 2.22. The van der Waals surface area contributed by atoms with Crippen molar-refractivity contribution < 1.29 is 4.79 Å². The topological polar surface area (TPSA) is 52.9 Å². The molecule has 1 aliphatic heterocycles. The van der Waals surface area contributed by atoms with E-state index in [1.807, 2.05) is 0 Å². The Kier molecular flexibility index (Phi) is 4.21. The number of nitrogens with one attached hydrogen (secondary N) is 1. The van der Waals surface area contributed by atoms with E-state index in [2.05, 4.69) is 27.3 Å². The summed E-state index contributed by atoms with van der Waals surface area (Å²) in [5.74, 6) is 1.21. The number of hydrogen-bond acceptors (Lipinski definition) is 3. The van der Waals surface area contributed by atoms with E-state index >= 15 is 0 Å². The Morgan fingerprint density at radius 1 is 1.61 bits per heavy atom. The van der Waals surface area contributed by atoms with Gasteiger partial charge in [-0.25, -0.2) is 0 Å². The summed E-state index contributed by atoms with van der Waals surface area (Å²) >= 11 is 11.0. The highest BCUT2D eigenvalue weighted by atomic mass is 79.9. The number of thioether (sulfide) groups is 1. The van der Waals surface area contributed by atoms with Gasteiger partial charge in [0.15, 0.2) is 0 Å². The Morgan fingerprint density at radius 3 is 3.00 bits per heavy atom. The van der Waals surface area contributed by atoms with Crippen LogP contribution in [-0.2, 0) is 0 Å². The summed E-state index contributed by atoms with van der Waals surface area (Å²) in [7, 11) is 0. The van der Waals surface area contributed by atoms with Crippen LogP contribution in [-0.4, -0.2) is 23.0 Å². The van der Waals surface area contributed by atoms with E-state index in [9.17, 15) is 10.1 Å². The highest BCUT2D eigenvalue weighted by Crippen LogP contribution is 2.30. The summed E-state index contributed by atoms with van der Waals surface area (Å²) in [6.07, 6.45) is 0.672. The molecule has 18 heavy (non-hydrogen) atoms. The number of benzene rings is 1. The lowest BCUT2D eigenvalue weighted by molar-refractivity contribution is 0.0926. The second-order valence-electron chi connectivity index (χ2n) is 4.05. The van der Waals surface area contributed by atoms with Crippen molar-refractivity contribution in [3.8, 4) is 6.07 Å². The van der Waals surface area contributed by atoms with Gasteiger partial charge >= 0.3 is 0 Å². The van der Waals surface area contributed by atoms with Crippen molar-refractivity contribution in [2.75, 3.05) is 11.5 Å². The highest BCUT2D eigenvalue weighted by Gasteiger charge is 2.36. The smallest absolute Gasteiger partial charge is 0.254 e. The van der Waals surface area contributed by atoms with Crippen molar-refractivity contribution in [1.29, 1.82) is 5.26 Å². The molecule has 0 bridgehead atoms. The van der Waals surface area contributed by atoms with Gasteiger partial charge in [-0.2, -0.15) is 17.0 Å². The summed E-state index contributed by atoms with van der Waals surface area (Å²) in [6, 6.07) is 7.36. The zero-order valence-electron chi connectivity index (χ0n) is 9.37. The van der Waals surface area contributed by atoms with Crippen LogP contribution in [0.3, 0.4) is 0 Å². The lowest BCUT2D eigenvalue weighted by Crippen LogP contribution is -2.47. The van der Waals surface area contributed by atoms with Crippen LogP contribution >= 0.6 is 39.3 Å². The van der Waals surface area contributed by atoms with Crippen molar-refractivity contribution in [3.05, 3.63) is 33.3 Å². The molecule has 1 aromatic rings. The maximum Gasteiger partial charge on any atom is 0.254 e. The predicted molar refractivity (Wildman–Crippen MR) is 76.9 cm³/mol. The molecule has 0 spiro atoms. The van der Waals surface area contributed by atoms with Gasteiger partial charge < -0.3 is 5.32 Å². The molecular formula is C12H10BrClN2OS. The summed E-state index contributed by atoms with van der Waals surface area (Å²) in [5.41, 5.74) is -0.370. The molecule has 0 aromatic heterocycles. The van der Waals surface area contributed by atoms with Crippen molar-refractivity contribution >= 4 is 45.2 Å². The van der Waals surface area contributed by atoms with Crippen LogP contribution in [0.1, 0.15) is 16.8 Å². The number of rotatable bonds is 2. The molecule has 1 N–H and O–H groups in total. The van der Waals surface area contributed by atoms with Gasteiger partial charge in [-0.15, -0.1) is 0 Å². The number of hydrogen-bond donors (Lipinski definition) is 1. The second-order valence-corrected chi connectivity index (χ2v) is 6.39. The number of amides is 1. The van der Waals surface area contributed by atoms with E-state index in [0.29, 0.717) is 27.2 Å². The third kappa shape index (κ3) is 2.66. The normalized spacial score (nSPS) is 22.5. The van der Waals surface area contributed by atoms with Crippen molar-refractivity contribution in [2.45, 2.75) is 12.0 Å². The van der Waals surface area contributed by atoms with Crippen LogP contribution in [0.4, 0.5) is 0 Å². The SMILES string of the molecule is N#C[C@]1(NC(=O)c2cccc(Br)c2Cl)CCSC1. The molecule has 1 fully saturated rings. The fourth-order valence-corrected chi connectivity index (χ4v) is 3.59. The van der Waals surface area contributed by atoms with Gasteiger partial charge in [-0.3, -0.25) is 4.79 Å². The van der Waals surface area contributed by atoms with Crippen molar-refractivity contribution in [3.63, 3.8) is 0 Å². The van der Waals surface area contributed by atoms with Gasteiger partial charge in [0.2, 0.25) is 0 Å². The van der Waals surface area contributed by atoms with Crippen LogP contribution in [0.5, 0.6) is 0 Å². The summed E-state index contributed by atoms with van der Waals surface area (Å²) < 4.78 is 0.670. The minimum absolute atomic E-state index is 0.301. The number of carbonyl (C=O) groups is 1. The van der Waals surface area contributed by atoms with Crippen LogP contribution in [0.15, 0.2) is 22.7 Å². The standard InChI is InChI=1S/C12H10BrClN2OS/c13-9-3-1-2-8(10(9)14)11(17)16-12(6-15)4-5-18-7-12/h1-3H,4-5,7H2,(H,16,17)/t12-/m1/s1. The first-order chi connectivity index (χ1) is 8.58. The molecule has 0 unspecified atom stereocenters. The number of carbonyl (C=O) groups excluding carboxylic acids is 1. The van der Waals surface area contributed by atoms with Gasteiger partial charge in [-0.1, -0.05) is 17.7 Å². The minimum Gasteiger partial charge on any atom is -0.333 e. The first-order valence-corrected chi connectivity index (χ1v) is 7.66. The average molecular weight is 346 g/mol. The molecule has 0 radical (unpaired) electrons. The van der Waals surface area contributed by atoms with Crippen LogP contribution in [0, 0.1) is 11.3 Å². The quantitative estimate of drug-likeness (QED) is 0.895. The first kappa shape index (κ1) is 13.7. The molecule has 1 aromatic carbocycles. The minimum atomic E-state index is -0.757. The predicted octanol–water partition coefficient (Wildman–Crippen LogP) is 3.23. The zero-order valence-corrected chi connectivity index (χ0v) is 12.5. The van der Waals surface area contributed by atoms with E-state index in [1.54, 1.807) is 30.0 Å². The van der Waals surface area contributed by atoms with E-state index in [4.69, 9.17) is 11.6 Å². The molecule has 6 heteroatoms. The summed E-state index contributed by atoms with van der Waals surface area (Å²) in [6.45, 7) is 0. The van der Waals surface area contributed by atoms with Crippen LogP contribution < -0.4 is 5.32 Å². The molecular weight excluding hydrogens is 336 g/mol. The Morgan fingerprint density at radius 2 is 2.39 bits per heavy atom. The van der Waals surface area contributed by atoms with Gasteiger partial charge in [0.05, 0.1) is 16.7 Å².